The highest BCUT2D eigenvalue weighted by atomic mass is 35.5. The SMILES string of the molecule is CCN1CC(C(=O)N(C)Cc2cc(Cl)cc(Cl)c2)C(=O)C1=O. The topological polar surface area (TPSA) is 57.7 Å². The molecule has 1 aromatic rings. The number of Topliss-reactive ketones (excluding diaryl/α,β-unsaturated/α-hetero) is 1. The highest BCUT2D eigenvalue weighted by Gasteiger charge is 2.43. The smallest absolute Gasteiger partial charge is 0.290 e. The van der Waals surface area contributed by atoms with Crippen molar-refractivity contribution in [2.24, 2.45) is 5.92 Å². The van der Waals surface area contributed by atoms with Crippen LogP contribution in [0.15, 0.2) is 18.2 Å². The zero-order chi connectivity index (χ0) is 16.4. The number of ketones is 1. The fourth-order valence-corrected chi connectivity index (χ4v) is 3.05. The van der Waals surface area contributed by atoms with Crippen LogP contribution in [-0.2, 0) is 20.9 Å². The number of rotatable bonds is 4. The molecule has 0 N–H and O–H groups in total. The normalized spacial score (nSPS) is 18.0. The molecule has 22 heavy (non-hydrogen) atoms. The van der Waals surface area contributed by atoms with Gasteiger partial charge in [0.2, 0.25) is 11.7 Å². The van der Waals surface area contributed by atoms with Gasteiger partial charge in [-0.1, -0.05) is 23.2 Å². The van der Waals surface area contributed by atoms with E-state index in [1.807, 2.05) is 0 Å². The van der Waals surface area contributed by atoms with Crippen molar-refractivity contribution >= 4 is 40.8 Å². The van der Waals surface area contributed by atoms with Gasteiger partial charge in [0, 0.05) is 36.7 Å². The minimum absolute atomic E-state index is 0.146. The summed E-state index contributed by atoms with van der Waals surface area (Å²) in [6.07, 6.45) is 0. The van der Waals surface area contributed by atoms with Gasteiger partial charge in [-0.15, -0.1) is 0 Å². The Balaban J connectivity index is 2.09. The van der Waals surface area contributed by atoms with Crippen molar-refractivity contribution < 1.29 is 14.4 Å². The second-order valence-electron chi connectivity index (χ2n) is 5.23. The molecule has 1 aromatic carbocycles. The molecule has 1 saturated heterocycles. The molecule has 1 aliphatic heterocycles. The fraction of sp³-hybridized carbons (Fsp3) is 0.400. The minimum atomic E-state index is -0.924. The van der Waals surface area contributed by atoms with E-state index in [-0.39, 0.29) is 19.0 Å². The van der Waals surface area contributed by atoms with Gasteiger partial charge < -0.3 is 9.80 Å². The number of carbonyl (C=O) groups is 3. The molecule has 0 aromatic heterocycles. The second-order valence-corrected chi connectivity index (χ2v) is 6.11. The maximum Gasteiger partial charge on any atom is 0.290 e. The Kier molecular flexibility index (Phi) is 5.08. The van der Waals surface area contributed by atoms with Gasteiger partial charge in [-0.05, 0) is 30.7 Å². The van der Waals surface area contributed by atoms with Crippen LogP contribution in [0.5, 0.6) is 0 Å². The molecule has 0 bridgehead atoms. The number of benzene rings is 1. The van der Waals surface area contributed by atoms with E-state index in [9.17, 15) is 14.4 Å². The van der Waals surface area contributed by atoms with Gasteiger partial charge in [0.05, 0.1) is 0 Å². The van der Waals surface area contributed by atoms with Crippen molar-refractivity contribution in [1.29, 1.82) is 0 Å². The molecule has 1 aliphatic rings. The fourth-order valence-electron chi connectivity index (χ4n) is 2.47. The Bertz CT molecular complexity index is 613. The molecule has 118 valence electrons. The number of likely N-dealkylation sites (N-methyl/N-ethyl adjacent to an activating group) is 1. The summed E-state index contributed by atoms with van der Waals surface area (Å²) in [6.45, 7) is 2.61. The third-order valence-electron chi connectivity index (χ3n) is 3.62. The molecule has 1 heterocycles. The Labute approximate surface area is 138 Å². The average molecular weight is 343 g/mol. The monoisotopic (exact) mass is 342 g/mol. The zero-order valence-electron chi connectivity index (χ0n) is 12.3. The van der Waals surface area contributed by atoms with Crippen molar-refractivity contribution in [3.05, 3.63) is 33.8 Å². The van der Waals surface area contributed by atoms with Crippen molar-refractivity contribution in [2.75, 3.05) is 20.1 Å². The maximum absolute atomic E-state index is 12.4. The summed E-state index contributed by atoms with van der Waals surface area (Å²) < 4.78 is 0. The van der Waals surface area contributed by atoms with Gasteiger partial charge in [0.15, 0.2) is 0 Å². The zero-order valence-corrected chi connectivity index (χ0v) is 13.8. The molecular weight excluding hydrogens is 327 g/mol. The highest BCUT2D eigenvalue weighted by Crippen LogP contribution is 2.21. The molecule has 2 amide bonds. The first-order valence-corrected chi connectivity index (χ1v) is 7.62. The molecule has 0 spiro atoms. The number of amides is 2. The van der Waals surface area contributed by atoms with Crippen molar-refractivity contribution in [3.8, 4) is 0 Å². The van der Waals surface area contributed by atoms with Gasteiger partial charge in [-0.25, -0.2) is 0 Å². The molecule has 2 rings (SSSR count). The first-order valence-electron chi connectivity index (χ1n) is 6.86. The van der Waals surface area contributed by atoms with Crippen LogP contribution >= 0.6 is 23.2 Å². The summed E-state index contributed by atoms with van der Waals surface area (Å²) in [5.74, 6) is -2.51. The molecule has 7 heteroatoms. The van der Waals surface area contributed by atoms with E-state index < -0.39 is 17.6 Å². The quantitative estimate of drug-likeness (QED) is 0.621. The molecule has 0 saturated carbocycles. The van der Waals surface area contributed by atoms with Gasteiger partial charge >= 0.3 is 0 Å². The van der Waals surface area contributed by atoms with Crippen molar-refractivity contribution in [2.45, 2.75) is 13.5 Å². The Morgan fingerprint density at radius 2 is 1.86 bits per heavy atom. The summed E-state index contributed by atoms with van der Waals surface area (Å²) in [5, 5.41) is 0.959. The number of carbonyl (C=O) groups excluding carboxylic acids is 3. The summed E-state index contributed by atoms with van der Waals surface area (Å²) >= 11 is 11.9. The molecule has 0 radical (unpaired) electrons. The van der Waals surface area contributed by atoms with Gasteiger partial charge in [0.25, 0.3) is 5.91 Å². The van der Waals surface area contributed by atoms with Gasteiger partial charge in [-0.3, -0.25) is 14.4 Å². The van der Waals surface area contributed by atoms with Crippen LogP contribution in [0.4, 0.5) is 0 Å². The lowest BCUT2D eigenvalue weighted by atomic mass is 10.1. The summed E-state index contributed by atoms with van der Waals surface area (Å²) in [5.41, 5.74) is 0.762. The van der Waals surface area contributed by atoms with E-state index in [1.54, 1.807) is 32.2 Å². The molecule has 1 fully saturated rings. The lowest BCUT2D eigenvalue weighted by Crippen LogP contribution is -2.36. The number of halogens is 2. The third kappa shape index (κ3) is 3.42. The van der Waals surface area contributed by atoms with Crippen LogP contribution in [0.3, 0.4) is 0 Å². The first-order chi connectivity index (χ1) is 10.3. The van der Waals surface area contributed by atoms with Crippen LogP contribution in [0.1, 0.15) is 12.5 Å². The number of nitrogens with zero attached hydrogens (tertiary/aromatic N) is 2. The average Bonchev–Trinajstić information content (AvgIpc) is 2.73. The lowest BCUT2D eigenvalue weighted by Gasteiger charge is -2.20. The van der Waals surface area contributed by atoms with Crippen LogP contribution in [-0.4, -0.2) is 47.5 Å². The highest BCUT2D eigenvalue weighted by molar-refractivity contribution is 6.42. The van der Waals surface area contributed by atoms with Crippen LogP contribution in [0.2, 0.25) is 10.0 Å². The van der Waals surface area contributed by atoms with E-state index in [4.69, 9.17) is 23.2 Å². The van der Waals surface area contributed by atoms with E-state index in [0.29, 0.717) is 16.6 Å². The Morgan fingerprint density at radius 1 is 1.27 bits per heavy atom. The predicted octanol–water partition coefficient (Wildman–Crippen LogP) is 2.00. The van der Waals surface area contributed by atoms with E-state index in [1.165, 1.54) is 9.80 Å². The van der Waals surface area contributed by atoms with Crippen molar-refractivity contribution in [3.63, 3.8) is 0 Å². The second kappa shape index (κ2) is 6.67. The molecule has 1 atom stereocenters. The lowest BCUT2D eigenvalue weighted by molar-refractivity contribution is -0.144. The minimum Gasteiger partial charge on any atom is -0.341 e. The van der Waals surface area contributed by atoms with E-state index >= 15 is 0 Å². The standard InChI is InChI=1S/C15H16Cl2N2O3/c1-3-19-8-12(13(20)15(19)22)14(21)18(2)7-9-4-10(16)6-11(17)5-9/h4-6,12H,3,7-8H2,1-2H3. The van der Waals surface area contributed by atoms with Crippen LogP contribution in [0.25, 0.3) is 0 Å². The Morgan fingerprint density at radius 3 is 2.36 bits per heavy atom. The summed E-state index contributed by atoms with van der Waals surface area (Å²) in [4.78, 5) is 38.8. The number of likely N-dealkylation sites (tertiary alicyclic amines) is 1. The maximum atomic E-state index is 12.4. The van der Waals surface area contributed by atoms with Crippen molar-refractivity contribution in [1.82, 2.24) is 9.80 Å². The number of hydrogen-bond acceptors (Lipinski definition) is 3. The summed E-state index contributed by atoms with van der Waals surface area (Å²) in [7, 11) is 1.59. The third-order valence-corrected chi connectivity index (χ3v) is 4.05. The largest absolute Gasteiger partial charge is 0.341 e. The number of hydrogen-bond donors (Lipinski definition) is 0. The van der Waals surface area contributed by atoms with E-state index in [2.05, 4.69) is 0 Å². The van der Waals surface area contributed by atoms with Crippen LogP contribution < -0.4 is 0 Å². The molecular formula is C15H16Cl2N2O3. The predicted molar refractivity (Wildman–Crippen MR) is 83.7 cm³/mol. The summed E-state index contributed by atoms with van der Waals surface area (Å²) in [6, 6.07) is 5.01. The first kappa shape index (κ1) is 16.8. The van der Waals surface area contributed by atoms with Crippen LogP contribution in [0, 0.1) is 5.92 Å². The Hall–Kier alpha value is -1.59. The molecule has 5 nitrogen and oxygen atoms in total. The molecule has 1 unspecified atom stereocenters. The van der Waals surface area contributed by atoms with Gasteiger partial charge in [-0.2, -0.15) is 0 Å². The van der Waals surface area contributed by atoms with E-state index in [0.717, 1.165) is 5.56 Å². The van der Waals surface area contributed by atoms with Gasteiger partial charge in [0.1, 0.15) is 5.92 Å². The molecule has 0 aliphatic carbocycles.